The molecule has 2 aliphatic rings. The van der Waals surface area contributed by atoms with Gasteiger partial charge in [0.05, 0.1) is 16.8 Å². The molecular formula is C21H19F4N3O2. The van der Waals surface area contributed by atoms with Gasteiger partial charge < -0.3 is 20.7 Å². The maximum absolute atomic E-state index is 13.6. The Morgan fingerprint density at radius 1 is 1.10 bits per heavy atom. The summed E-state index contributed by atoms with van der Waals surface area (Å²) >= 11 is 0. The molecule has 9 heteroatoms. The number of benzene rings is 2. The number of carbonyl (C=O) groups is 1. The van der Waals surface area contributed by atoms with E-state index in [-0.39, 0.29) is 23.0 Å². The first-order valence-corrected chi connectivity index (χ1v) is 9.45. The highest BCUT2D eigenvalue weighted by molar-refractivity contribution is 6.31. The molecular weight excluding hydrogens is 402 g/mol. The highest BCUT2D eigenvalue weighted by Crippen LogP contribution is 2.38. The van der Waals surface area contributed by atoms with Gasteiger partial charge in [0.15, 0.2) is 0 Å². The molecule has 0 radical (unpaired) electrons. The molecule has 1 fully saturated rings. The first-order valence-electron chi connectivity index (χ1n) is 9.45. The van der Waals surface area contributed by atoms with Crippen molar-refractivity contribution in [1.82, 2.24) is 0 Å². The van der Waals surface area contributed by atoms with Gasteiger partial charge in [0, 0.05) is 42.4 Å². The molecule has 0 aromatic heterocycles. The number of hydrogen-bond donors (Lipinski definition) is 3. The van der Waals surface area contributed by atoms with Crippen molar-refractivity contribution in [3.05, 3.63) is 59.5 Å². The van der Waals surface area contributed by atoms with Crippen molar-refractivity contribution in [3.63, 3.8) is 0 Å². The summed E-state index contributed by atoms with van der Waals surface area (Å²) in [6.45, 7) is 1.03. The van der Waals surface area contributed by atoms with Gasteiger partial charge in [-0.15, -0.1) is 0 Å². The average Bonchev–Trinajstić information content (AvgIpc) is 3.01. The normalized spacial score (nSPS) is 18.3. The monoisotopic (exact) mass is 421 g/mol. The number of nitrogens with one attached hydrogen (secondary N) is 3. The number of alkyl halides is 3. The van der Waals surface area contributed by atoms with Crippen LogP contribution in [0, 0.1) is 5.82 Å². The van der Waals surface area contributed by atoms with Crippen molar-refractivity contribution in [1.29, 1.82) is 0 Å². The van der Waals surface area contributed by atoms with Crippen LogP contribution in [0.5, 0.6) is 0 Å². The quantitative estimate of drug-likeness (QED) is 0.488. The maximum atomic E-state index is 13.6. The van der Waals surface area contributed by atoms with Crippen molar-refractivity contribution in [2.75, 3.05) is 29.2 Å². The predicted octanol–water partition coefficient (Wildman–Crippen LogP) is 4.84. The number of halogens is 4. The number of fused-ring (bicyclic) bond motifs is 1. The summed E-state index contributed by atoms with van der Waals surface area (Å²) in [7, 11) is 0. The fourth-order valence-electron chi connectivity index (χ4n) is 3.52. The number of rotatable bonds is 4. The van der Waals surface area contributed by atoms with Crippen LogP contribution in [0.1, 0.15) is 24.0 Å². The second kappa shape index (κ2) is 7.98. The van der Waals surface area contributed by atoms with E-state index < -0.39 is 23.5 Å². The molecule has 0 saturated carbocycles. The Hall–Kier alpha value is -3.07. The Labute approximate surface area is 170 Å². The second-order valence-corrected chi connectivity index (χ2v) is 7.14. The van der Waals surface area contributed by atoms with Gasteiger partial charge in [0.1, 0.15) is 5.82 Å². The molecule has 0 atom stereocenters. The van der Waals surface area contributed by atoms with E-state index in [2.05, 4.69) is 16.0 Å². The van der Waals surface area contributed by atoms with Crippen LogP contribution in [-0.4, -0.2) is 25.2 Å². The smallest absolute Gasteiger partial charge is 0.382 e. The van der Waals surface area contributed by atoms with Gasteiger partial charge in [-0.1, -0.05) is 0 Å². The van der Waals surface area contributed by atoms with Crippen molar-refractivity contribution >= 4 is 28.5 Å². The fourth-order valence-corrected chi connectivity index (χ4v) is 3.52. The Morgan fingerprint density at radius 3 is 2.60 bits per heavy atom. The number of amides is 1. The molecule has 2 aromatic rings. The van der Waals surface area contributed by atoms with Crippen LogP contribution in [0.4, 0.5) is 34.6 Å². The standard InChI is InChI=1S/C21H19F4N3O2/c22-12-1-3-15-16(20(29)28-19(15)9-12)11-26-14-2-4-18(17(10-14)21(23,24)25)27-13-5-7-30-8-6-13/h1-4,9-11,13,26-27H,5-8H2,(H,28,29). The molecule has 5 nitrogen and oxygen atoms in total. The minimum absolute atomic E-state index is 0.00651. The maximum Gasteiger partial charge on any atom is 0.418 e. The van der Waals surface area contributed by atoms with Gasteiger partial charge in [-0.3, -0.25) is 4.79 Å². The Bertz CT molecular complexity index is 998. The van der Waals surface area contributed by atoms with Crippen LogP contribution in [0.15, 0.2) is 42.6 Å². The summed E-state index contributed by atoms with van der Waals surface area (Å²) in [5.74, 6) is -0.956. The molecule has 2 aromatic carbocycles. The van der Waals surface area contributed by atoms with Gasteiger partial charge in [-0.2, -0.15) is 13.2 Å². The van der Waals surface area contributed by atoms with Crippen LogP contribution < -0.4 is 16.0 Å². The molecule has 2 heterocycles. The lowest BCUT2D eigenvalue weighted by Gasteiger charge is -2.26. The fraction of sp³-hybridized carbons (Fsp3) is 0.286. The molecule has 0 spiro atoms. The Morgan fingerprint density at radius 2 is 1.87 bits per heavy atom. The number of carbonyl (C=O) groups excluding carboxylic acids is 1. The minimum Gasteiger partial charge on any atom is -0.382 e. The first-order chi connectivity index (χ1) is 14.3. The molecule has 30 heavy (non-hydrogen) atoms. The lowest BCUT2D eigenvalue weighted by atomic mass is 10.1. The van der Waals surface area contributed by atoms with Crippen LogP contribution in [-0.2, 0) is 15.7 Å². The zero-order chi connectivity index (χ0) is 21.3. The number of hydrogen-bond acceptors (Lipinski definition) is 4. The van der Waals surface area contributed by atoms with E-state index in [0.717, 1.165) is 6.07 Å². The zero-order valence-electron chi connectivity index (χ0n) is 15.8. The number of ether oxygens (including phenoxy) is 1. The predicted molar refractivity (Wildman–Crippen MR) is 106 cm³/mol. The number of anilines is 3. The van der Waals surface area contributed by atoms with E-state index in [9.17, 15) is 22.4 Å². The summed E-state index contributed by atoms with van der Waals surface area (Å²) in [6, 6.07) is 7.64. The molecule has 3 N–H and O–H groups in total. The molecule has 2 aliphatic heterocycles. The van der Waals surface area contributed by atoms with Crippen LogP contribution >= 0.6 is 0 Å². The van der Waals surface area contributed by atoms with E-state index in [4.69, 9.17) is 4.74 Å². The molecule has 0 unspecified atom stereocenters. The molecule has 0 bridgehead atoms. The first kappa shape index (κ1) is 20.2. The zero-order valence-corrected chi connectivity index (χ0v) is 15.8. The van der Waals surface area contributed by atoms with Gasteiger partial charge >= 0.3 is 6.18 Å². The van der Waals surface area contributed by atoms with Gasteiger partial charge in [0.2, 0.25) is 0 Å². The summed E-state index contributed by atoms with van der Waals surface area (Å²) in [5.41, 5.74) is 0.393. The highest BCUT2D eigenvalue weighted by Gasteiger charge is 2.34. The van der Waals surface area contributed by atoms with Crippen LogP contribution in [0.25, 0.3) is 5.57 Å². The van der Waals surface area contributed by atoms with E-state index in [0.29, 0.717) is 37.3 Å². The average molecular weight is 421 g/mol. The Balaban J connectivity index is 1.58. The molecule has 1 amide bonds. The van der Waals surface area contributed by atoms with Crippen LogP contribution in [0.2, 0.25) is 0 Å². The third kappa shape index (κ3) is 4.25. The SMILES string of the molecule is O=C1Nc2cc(F)ccc2C1=CNc1ccc(NC2CCOCC2)c(C(F)(F)F)c1. The van der Waals surface area contributed by atoms with Crippen LogP contribution in [0.3, 0.4) is 0 Å². The van der Waals surface area contributed by atoms with Crippen molar-refractivity contribution in [2.45, 2.75) is 25.1 Å². The second-order valence-electron chi connectivity index (χ2n) is 7.14. The third-order valence-electron chi connectivity index (χ3n) is 5.05. The third-order valence-corrected chi connectivity index (χ3v) is 5.05. The summed E-state index contributed by atoms with van der Waals surface area (Å²) < 4.78 is 59.4. The Kier molecular flexibility index (Phi) is 5.38. The van der Waals surface area contributed by atoms with E-state index in [1.54, 1.807) is 0 Å². The largest absolute Gasteiger partial charge is 0.418 e. The molecule has 158 valence electrons. The lowest BCUT2D eigenvalue weighted by molar-refractivity contribution is -0.137. The molecule has 0 aliphatic carbocycles. The van der Waals surface area contributed by atoms with Crippen molar-refractivity contribution in [3.8, 4) is 0 Å². The lowest BCUT2D eigenvalue weighted by Crippen LogP contribution is -2.28. The summed E-state index contributed by atoms with van der Waals surface area (Å²) in [5, 5.41) is 8.24. The molecule has 1 saturated heterocycles. The summed E-state index contributed by atoms with van der Waals surface area (Å²) in [6.07, 6.45) is -1.95. The summed E-state index contributed by atoms with van der Waals surface area (Å²) in [4.78, 5) is 12.1. The van der Waals surface area contributed by atoms with Crippen molar-refractivity contribution < 1.29 is 27.1 Å². The highest BCUT2D eigenvalue weighted by atomic mass is 19.4. The molecule has 4 rings (SSSR count). The van der Waals surface area contributed by atoms with E-state index in [1.807, 2.05) is 0 Å². The topological polar surface area (TPSA) is 62.4 Å². The minimum atomic E-state index is -4.55. The van der Waals surface area contributed by atoms with Crippen molar-refractivity contribution in [2.24, 2.45) is 0 Å². The van der Waals surface area contributed by atoms with E-state index >= 15 is 0 Å². The van der Waals surface area contributed by atoms with Gasteiger partial charge in [0.25, 0.3) is 5.91 Å². The van der Waals surface area contributed by atoms with Gasteiger partial charge in [-0.05, 0) is 49.2 Å². The van der Waals surface area contributed by atoms with Gasteiger partial charge in [-0.25, -0.2) is 4.39 Å². The van der Waals surface area contributed by atoms with E-state index in [1.165, 1.54) is 36.5 Å².